The number of hydrogen-bond acceptors (Lipinski definition) is 10. The van der Waals surface area contributed by atoms with Crippen molar-refractivity contribution < 1.29 is 57.4 Å². The molecule has 0 saturated heterocycles. The molecule has 1 aliphatic rings. The molecular weight excluding hydrogens is 773 g/mol. The number of rotatable bonds is 36. The van der Waals surface area contributed by atoms with Crippen LogP contribution in [-0.4, -0.2) is 109 Å². The first-order valence-electron chi connectivity index (χ1n) is 22.6. The fourth-order valence-corrected chi connectivity index (χ4v) is 7.63. The van der Waals surface area contributed by atoms with Crippen LogP contribution in [0.4, 0.5) is 0 Å². The maximum absolute atomic E-state index is 12.7. The third-order valence-electron chi connectivity index (χ3n) is 10.4. The summed E-state index contributed by atoms with van der Waals surface area (Å²) >= 11 is 0. The van der Waals surface area contributed by atoms with E-state index < -0.39 is 50.8 Å². The van der Waals surface area contributed by atoms with Crippen molar-refractivity contribution in [2.24, 2.45) is 11.8 Å². The molecule has 342 valence electrons. The summed E-state index contributed by atoms with van der Waals surface area (Å²) in [6, 6.07) is 0. The van der Waals surface area contributed by atoms with E-state index in [0.717, 1.165) is 96.3 Å². The van der Waals surface area contributed by atoms with E-state index in [1.54, 1.807) is 6.08 Å². The predicted molar refractivity (Wildman–Crippen MR) is 235 cm³/mol. The number of aliphatic hydroxyl groups is 3. The smallest absolute Gasteiger partial charge is 0.462 e. The third kappa shape index (κ3) is 30.5. The summed E-state index contributed by atoms with van der Waals surface area (Å²) in [6.45, 7) is 3.94. The largest absolute Gasteiger partial charge is 0.472 e. The normalized spacial score (nSPS) is 20.9. The van der Waals surface area contributed by atoms with Crippen molar-refractivity contribution >= 4 is 19.8 Å². The van der Waals surface area contributed by atoms with Crippen LogP contribution in [-0.2, 0) is 32.7 Å². The van der Waals surface area contributed by atoms with Gasteiger partial charge in [-0.15, -0.1) is 0 Å². The van der Waals surface area contributed by atoms with Crippen LogP contribution < -0.4 is 0 Å². The lowest BCUT2D eigenvalue weighted by atomic mass is 9.88. The molecule has 7 atom stereocenters. The van der Waals surface area contributed by atoms with Gasteiger partial charge in [-0.2, -0.15) is 0 Å². The van der Waals surface area contributed by atoms with Gasteiger partial charge in [-0.25, -0.2) is 4.57 Å². The number of quaternary nitrogens is 1. The highest BCUT2D eigenvalue weighted by atomic mass is 31.2. The number of nitrogens with zero attached hydrogens (tertiary/aromatic N) is 1. The van der Waals surface area contributed by atoms with Gasteiger partial charge in [-0.05, 0) is 63.7 Å². The number of phosphoric ester groups is 1. The zero-order chi connectivity index (χ0) is 43.8. The Labute approximate surface area is 357 Å². The van der Waals surface area contributed by atoms with Crippen LogP contribution >= 0.6 is 7.82 Å². The van der Waals surface area contributed by atoms with Crippen LogP contribution in [0.5, 0.6) is 0 Å². The Morgan fingerprint density at radius 3 is 2.07 bits per heavy atom. The number of carbonyl (C=O) groups is 2. The molecule has 59 heavy (non-hydrogen) atoms. The van der Waals surface area contributed by atoms with E-state index in [4.69, 9.17) is 18.5 Å². The molecule has 4 N–H and O–H groups in total. The molecule has 0 amide bonds. The van der Waals surface area contributed by atoms with E-state index >= 15 is 0 Å². The SMILES string of the molecule is CC/C=C\C/C=C\C/C=C\CCCCCCCC(=O)O[C@H](COC(=O)CCCCCC[C@@H]1[C@@H](/C=C/[C@@H](O)CCCCC)[C@H](O)C[C@@H]1O)COP(=O)(O)OCC[N+](C)(C)C. The maximum atomic E-state index is 12.7. The highest BCUT2D eigenvalue weighted by Gasteiger charge is 2.39. The monoisotopic (exact) mass is 857 g/mol. The summed E-state index contributed by atoms with van der Waals surface area (Å²) in [6.07, 6.45) is 30.8. The minimum absolute atomic E-state index is 0.00824. The number of carbonyl (C=O) groups excluding carboxylic acids is 2. The highest BCUT2D eigenvalue weighted by Crippen LogP contribution is 2.43. The summed E-state index contributed by atoms with van der Waals surface area (Å²) in [5.41, 5.74) is 0. The lowest BCUT2D eigenvalue weighted by Gasteiger charge is -2.24. The highest BCUT2D eigenvalue weighted by molar-refractivity contribution is 7.47. The van der Waals surface area contributed by atoms with Gasteiger partial charge in [0.25, 0.3) is 0 Å². The van der Waals surface area contributed by atoms with Crippen molar-refractivity contribution in [3.05, 3.63) is 48.6 Å². The fraction of sp³-hybridized carbons (Fsp3) is 0.783. The van der Waals surface area contributed by atoms with Crippen LogP contribution in [0.1, 0.15) is 149 Å². The minimum Gasteiger partial charge on any atom is -0.462 e. The van der Waals surface area contributed by atoms with Crippen LogP contribution in [0, 0.1) is 11.8 Å². The van der Waals surface area contributed by atoms with Gasteiger partial charge in [0.05, 0.1) is 46.1 Å². The zero-order valence-corrected chi connectivity index (χ0v) is 38.2. The summed E-state index contributed by atoms with van der Waals surface area (Å²) in [4.78, 5) is 35.6. The molecule has 0 radical (unpaired) electrons. The number of allylic oxidation sites excluding steroid dienone is 6. The molecule has 0 aromatic rings. The Morgan fingerprint density at radius 1 is 0.763 bits per heavy atom. The van der Waals surface area contributed by atoms with Crippen molar-refractivity contribution in [2.75, 3.05) is 47.5 Å². The minimum atomic E-state index is -4.44. The van der Waals surface area contributed by atoms with Gasteiger partial charge in [0.1, 0.15) is 19.8 Å². The number of unbranched alkanes of at least 4 members (excludes halogenated alkanes) is 10. The van der Waals surface area contributed by atoms with Gasteiger partial charge in [0, 0.05) is 25.2 Å². The average molecular weight is 857 g/mol. The molecule has 0 aliphatic heterocycles. The summed E-state index contributed by atoms with van der Waals surface area (Å²) in [5.74, 6) is -1.24. The van der Waals surface area contributed by atoms with Gasteiger partial charge in [0.15, 0.2) is 6.10 Å². The Morgan fingerprint density at radius 2 is 1.39 bits per heavy atom. The van der Waals surface area contributed by atoms with E-state index in [2.05, 4.69) is 50.3 Å². The Bertz CT molecular complexity index is 1260. The molecule has 1 unspecified atom stereocenters. The van der Waals surface area contributed by atoms with Crippen LogP contribution in [0.2, 0.25) is 0 Å². The van der Waals surface area contributed by atoms with Gasteiger partial charge in [0.2, 0.25) is 0 Å². The summed E-state index contributed by atoms with van der Waals surface area (Å²) < 4.78 is 34.3. The second-order valence-corrected chi connectivity index (χ2v) is 18.5. The van der Waals surface area contributed by atoms with Crippen molar-refractivity contribution in [2.45, 2.75) is 173 Å². The average Bonchev–Trinajstić information content (AvgIpc) is 3.44. The molecule has 0 aromatic carbocycles. The molecule has 1 rings (SSSR count). The second kappa shape index (κ2) is 33.5. The number of ether oxygens (including phenoxy) is 2. The van der Waals surface area contributed by atoms with Gasteiger partial charge in [-0.3, -0.25) is 18.6 Å². The van der Waals surface area contributed by atoms with E-state index in [1.807, 2.05) is 27.2 Å². The van der Waals surface area contributed by atoms with Crippen molar-refractivity contribution in [3.8, 4) is 0 Å². The first-order chi connectivity index (χ1) is 28.2. The number of esters is 2. The van der Waals surface area contributed by atoms with Crippen LogP contribution in [0.25, 0.3) is 0 Å². The quantitative estimate of drug-likeness (QED) is 0.0156. The molecule has 1 saturated carbocycles. The molecule has 13 heteroatoms. The fourth-order valence-electron chi connectivity index (χ4n) is 6.89. The number of likely N-dealkylation sites (N-methyl/N-ethyl adjacent to an activating group) is 1. The first-order valence-corrected chi connectivity index (χ1v) is 24.1. The standard InChI is InChI=1S/C46H82NO11P/c1-6-8-10-11-12-13-14-15-16-17-18-19-20-21-27-31-46(52)58-40(38-57-59(53,54)56-35-34-47(3,4)5)37-55-45(51)30-26-23-22-25-29-41-42(44(50)36-43(41)49)33-32-39(48)28-24-9-7-2/h8,10,12-13,15-16,32-33,39-44,48-50H,6-7,9,11,14,17-31,34-38H2,1-5H3/p+1/b10-8-,13-12-,16-15-,33-32+/t39-,40+,41+,42+,43-,44+/m0/s1. The number of aliphatic hydroxyl groups excluding tert-OH is 3. The molecule has 0 spiro atoms. The van der Waals surface area contributed by atoms with Gasteiger partial charge < -0.3 is 34.2 Å². The van der Waals surface area contributed by atoms with Gasteiger partial charge >= 0.3 is 19.8 Å². The van der Waals surface area contributed by atoms with E-state index in [0.29, 0.717) is 36.7 Å². The maximum Gasteiger partial charge on any atom is 0.472 e. The second-order valence-electron chi connectivity index (χ2n) is 17.0. The molecular formula is C46H83NO11P+. The molecule has 0 bridgehead atoms. The summed E-state index contributed by atoms with van der Waals surface area (Å²) in [5, 5.41) is 31.4. The van der Waals surface area contributed by atoms with Crippen molar-refractivity contribution in [3.63, 3.8) is 0 Å². The van der Waals surface area contributed by atoms with Gasteiger partial charge in [-0.1, -0.05) is 120 Å². The Balaban J connectivity index is 2.48. The van der Waals surface area contributed by atoms with Crippen molar-refractivity contribution in [1.82, 2.24) is 0 Å². The molecule has 0 aromatic heterocycles. The molecule has 0 heterocycles. The number of phosphoric acid groups is 1. The van der Waals surface area contributed by atoms with Crippen LogP contribution in [0.3, 0.4) is 0 Å². The lowest BCUT2D eigenvalue weighted by Crippen LogP contribution is -2.37. The summed E-state index contributed by atoms with van der Waals surface area (Å²) in [7, 11) is 1.34. The third-order valence-corrected chi connectivity index (χ3v) is 11.4. The first kappa shape index (κ1) is 54.9. The lowest BCUT2D eigenvalue weighted by molar-refractivity contribution is -0.870. The van der Waals surface area contributed by atoms with E-state index in [9.17, 15) is 34.4 Å². The zero-order valence-electron chi connectivity index (χ0n) is 37.3. The topological polar surface area (TPSA) is 169 Å². The van der Waals surface area contributed by atoms with Crippen LogP contribution in [0.15, 0.2) is 48.6 Å². The van der Waals surface area contributed by atoms with Crippen molar-refractivity contribution in [1.29, 1.82) is 0 Å². The number of hydrogen-bond donors (Lipinski definition) is 4. The Hall–Kier alpha value is -2.15. The van der Waals surface area contributed by atoms with E-state index in [-0.39, 0.29) is 37.9 Å². The molecule has 1 fully saturated rings. The molecule has 12 nitrogen and oxygen atoms in total. The predicted octanol–water partition coefficient (Wildman–Crippen LogP) is 9.07. The van der Waals surface area contributed by atoms with E-state index in [1.165, 1.54) is 0 Å². The Kier molecular flexibility index (Phi) is 31.1. The molecule has 1 aliphatic carbocycles.